The fraction of sp³-hybridized carbons (Fsp3) is 0.100. The molecule has 0 spiro atoms. The lowest BCUT2D eigenvalue weighted by Crippen LogP contribution is -1.96. The molecule has 0 bridgehead atoms. The van der Waals surface area contributed by atoms with Crippen molar-refractivity contribution in [1.82, 2.24) is 15.0 Å². The smallest absolute Gasteiger partial charge is 0.221 e. The van der Waals surface area contributed by atoms with E-state index in [9.17, 15) is 0 Å². The average molecular weight is 330 g/mol. The maximum Gasteiger partial charge on any atom is 0.221 e. The summed E-state index contributed by atoms with van der Waals surface area (Å²) >= 11 is 0. The fourth-order valence-electron chi connectivity index (χ4n) is 2.87. The third-order valence-electron chi connectivity index (χ3n) is 4.00. The summed E-state index contributed by atoms with van der Waals surface area (Å²) in [4.78, 5) is 12.7. The molecule has 0 saturated heterocycles. The molecule has 0 fully saturated rings. The van der Waals surface area contributed by atoms with Gasteiger partial charge in [0.05, 0.1) is 18.0 Å². The standard InChI is InChI=1S/C20H18N4O/c1-2-25-20-18-17(19(21)24-20)22-15(13-9-5-3-6-10-13)16(23-18)14-11-7-4-8-12-14/h3-12,24H,2,21H2,1H3. The lowest BCUT2D eigenvalue weighted by Gasteiger charge is -2.09. The Hall–Kier alpha value is -3.34. The van der Waals surface area contributed by atoms with Crippen LogP contribution >= 0.6 is 0 Å². The highest BCUT2D eigenvalue weighted by molar-refractivity contribution is 5.95. The van der Waals surface area contributed by atoms with Crippen LogP contribution in [0.4, 0.5) is 5.82 Å². The largest absolute Gasteiger partial charge is 0.478 e. The predicted octanol–water partition coefficient (Wildman–Crippen LogP) is 4.27. The summed E-state index contributed by atoms with van der Waals surface area (Å²) in [6, 6.07) is 20.0. The SMILES string of the molecule is CCOc1[nH]c(N)c2nc(-c3ccccc3)c(-c3ccccc3)nc12. The third-order valence-corrected chi connectivity index (χ3v) is 4.00. The average Bonchev–Trinajstić information content (AvgIpc) is 2.97. The lowest BCUT2D eigenvalue weighted by atomic mass is 10.0. The number of nitrogens with two attached hydrogens (primary N) is 1. The fourth-order valence-corrected chi connectivity index (χ4v) is 2.87. The lowest BCUT2D eigenvalue weighted by molar-refractivity contribution is 0.332. The number of hydrogen-bond donors (Lipinski definition) is 2. The molecule has 4 rings (SSSR count). The van der Waals surface area contributed by atoms with E-state index in [1.165, 1.54) is 0 Å². The number of hydrogen-bond acceptors (Lipinski definition) is 4. The molecule has 2 aromatic carbocycles. The van der Waals surface area contributed by atoms with E-state index < -0.39 is 0 Å². The van der Waals surface area contributed by atoms with Crippen LogP contribution in [0, 0.1) is 0 Å². The van der Waals surface area contributed by atoms with Crippen molar-refractivity contribution in [1.29, 1.82) is 0 Å². The first kappa shape index (κ1) is 15.2. The molecule has 25 heavy (non-hydrogen) atoms. The first-order valence-electron chi connectivity index (χ1n) is 8.20. The van der Waals surface area contributed by atoms with Gasteiger partial charge in [0.15, 0.2) is 5.52 Å². The van der Waals surface area contributed by atoms with Crippen molar-refractivity contribution >= 4 is 16.9 Å². The van der Waals surface area contributed by atoms with Gasteiger partial charge in [-0.1, -0.05) is 60.7 Å². The van der Waals surface area contributed by atoms with Gasteiger partial charge in [0, 0.05) is 11.1 Å². The summed E-state index contributed by atoms with van der Waals surface area (Å²) in [5.74, 6) is 1.02. The van der Waals surface area contributed by atoms with Crippen LogP contribution < -0.4 is 10.5 Å². The summed E-state index contributed by atoms with van der Waals surface area (Å²) in [7, 11) is 0. The molecule has 2 aromatic heterocycles. The zero-order chi connectivity index (χ0) is 17.2. The third kappa shape index (κ3) is 2.70. The van der Waals surface area contributed by atoms with Crippen LogP contribution in [-0.4, -0.2) is 21.6 Å². The van der Waals surface area contributed by atoms with Crippen molar-refractivity contribution in [2.45, 2.75) is 6.92 Å². The van der Waals surface area contributed by atoms with Gasteiger partial charge in [0.25, 0.3) is 0 Å². The molecule has 5 heteroatoms. The molecule has 0 aliphatic rings. The van der Waals surface area contributed by atoms with E-state index in [2.05, 4.69) is 4.98 Å². The van der Waals surface area contributed by atoms with Crippen molar-refractivity contribution in [3.8, 4) is 28.4 Å². The number of benzene rings is 2. The van der Waals surface area contributed by atoms with Gasteiger partial charge in [0.2, 0.25) is 5.88 Å². The minimum atomic E-state index is 0.461. The van der Waals surface area contributed by atoms with Gasteiger partial charge in [-0.3, -0.25) is 0 Å². The van der Waals surface area contributed by atoms with Gasteiger partial charge in [-0.15, -0.1) is 0 Å². The van der Waals surface area contributed by atoms with Gasteiger partial charge >= 0.3 is 0 Å². The minimum Gasteiger partial charge on any atom is -0.478 e. The number of rotatable bonds is 4. The zero-order valence-electron chi connectivity index (χ0n) is 13.9. The second-order valence-electron chi connectivity index (χ2n) is 5.65. The Bertz CT molecular complexity index is 1010. The number of aromatic amines is 1. The predicted molar refractivity (Wildman–Crippen MR) is 100 cm³/mol. The molecule has 124 valence electrons. The molecule has 3 N–H and O–H groups in total. The Morgan fingerprint density at radius 3 is 1.88 bits per heavy atom. The number of nitrogens with zero attached hydrogens (tertiary/aromatic N) is 2. The van der Waals surface area contributed by atoms with Crippen LogP contribution in [0.25, 0.3) is 33.5 Å². The number of H-pyrrole nitrogens is 1. The Kier molecular flexibility index (Phi) is 3.82. The Labute approximate surface area is 145 Å². The van der Waals surface area contributed by atoms with Gasteiger partial charge in [-0.05, 0) is 6.92 Å². The van der Waals surface area contributed by atoms with Crippen LogP contribution in [0.15, 0.2) is 60.7 Å². The van der Waals surface area contributed by atoms with Crippen LogP contribution in [0.2, 0.25) is 0 Å². The van der Waals surface area contributed by atoms with E-state index >= 15 is 0 Å². The summed E-state index contributed by atoms with van der Waals surface area (Å²) in [6.45, 7) is 2.45. The molecule has 4 aromatic rings. The molecule has 0 atom stereocenters. The number of nitrogen functional groups attached to an aromatic ring is 1. The topological polar surface area (TPSA) is 76.8 Å². The monoisotopic (exact) mass is 330 g/mol. The molecule has 0 radical (unpaired) electrons. The minimum absolute atomic E-state index is 0.461. The zero-order valence-corrected chi connectivity index (χ0v) is 13.9. The van der Waals surface area contributed by atoms with E-state index in [1.807, 2.05) is 67.6 Å². The highest BCUT2D eigenvalue weighted by Crippen LogP contribution is 2.35. The maximum atomic E-state index is 6.10. The van der Waals surface area contributed by atoms with Gasteiger partial charge in [0.1, 0.15) is 11.3 Å². The second-order valence-corrected chi connectivity index (χ2v) is 5.65. The van der Waals surface area contributed by atoms with Gasteiger partial charge in [-0.2, -0.15) is 0 Å². The van der Waals surface area contributed by atoms with Gasteiger partial charge in [-0.25, -0.2) is 9.97 Å². The number of nitrogens with one attached hydrogen (secondary N) is 1. The summed E-state index contributed by atoms with van der Waals surface area (Å²) in [6.07, 6.45) is 0. The summed E-state index contributed by atoms with van der Waals surface area (Å²) < 4.78 is 5.64. The Morgan fingerprint density at radius 1 is 0.840 bits per heavy atom. The number of ether oxygens (including phenoxy) is 1. The van der Waals surface area contributed by atoms with E-state index in [1.54, 1.807) is 0 Å². The molecule has 5 nitrogen and oxygen atoms in total. The quantitative estimate of drug-likeness (QED) is 0.586. The molecule has 0 aliphatic carbocycles. The molecule has 2 heterocycles. The number of fused-ring (bicyclic) bond motifs is 1. The Balaban J connectivity index is 2.03. The Morgan fingerprint density at radius 2 is 1.36 bits per heavy atom. The molecular formula is C20H18N4O. The van der Waals surface area contributed by atoms with Crippen molar-refractivity contribution in [3.05, 3.63) is 60.7 Å². The highest BCUT2D eigenvalue weighted by atomic mass is 16.5. The molecule has 0 amide bonds. The van der Waals surface area contributed by atoms with Crippen LogP contribution in [0.1, 0.15) is 6.92 Å². The molecular weight excluding hydrogens is 312 g/mol. The van der Waals surface area contributed by atoms with Gasteiger partial charge < -0.3 is 15.5 Å². The molecule has 0 aliphatic heterocycles. The normalized spacial score (nSPS) is 10.9. The molecule has 0 saturated carbocycles. The van der Waals surface area contributed by atoms with Crippen molar-refractivity contribution in [2.24, 2.45) is 0 Å². The number of aromatic nitrogens is 3. The maximum absolute atomic E-state index is 6.10. The van der Waals surface area contributed by atoms with Crippen LogP contribution in [0.3, 0.4) is 0 Å². The first-order chi connectivity index (χ1) is 12.3. The van der Waals surface area contributed by atoms with E-state index in [-0.39, 0.29) is 0 Å². The first-order valence-corrected chi connectivity index (χ1v) is 8.20. The van der Waals surface area contributed by atoms with Crippen molar-refractivity contribution < 1.29 is 4.74 Å². The van der Waals surface area contributed by atoms with E-state index in [0.717, 1.165) is 22.5 Å². The molecule has 0 unspecified atom stereocenters. The van der Waals surface area contributed by atoms with Crippen molar-refractivity contribution in [3.63, 3.8) is 0 Å². The van der Waals surface area contributed by atoms with E-state index in [0.29, 0.717) is 29.3 Å². The van der Waals surface area contributed by atoms with Crippen LogP contribution in [-0.2, 0) is 0 Å². The van der Waals surface area contributed by atoms with E-state index in [4.69, 9.17) is 20.4 Å². The summed E-state index contributed by atoms with van der Waals surface area (Å²) in [5.41, 5.74) is 11.0. The second kappa shape index (κ2) is 6.28. The number of anilines is 1. The van der Waals surface area contributed by atoms with Crippen molar-refractivity contribution in [2.75, 3.05) is 12.3 Å². The highest BCUT2D eigenvalue weighted by Gasteiger charge is 2.18. The van der Waals surface area contributed by atoms with Crippen LogP contribution in [0.5, 0.6) is 5.88 Å². The summed E-state index contributed by atoms with van der Waals surface area (Å²) in [5, 5.41) is 0.